The van der Waals surface area contributed by atoms with Gasteiger partial charge in [-0.3, -0.25) is 14.6 Å². The van der Waals surface area contributed by atoms with Crippen LogP contribution in [0.2, 0.25) is 0 Å². The minimum atomic E-state index is -0.316. The molecule has 5 N–H and O–H groups in total. The Balaban J connectivity index is 2.02. The predicted molar refractivity (Wildman–Crippen MR) is 74.6 cm³/mol. The Morgan fingerprint density at radius 1 is 1.29 bits per heavy atom. The molecule has 112 valence electrons. The average Bonchev–Trinajstić information content (AvgIpc) is 2.53. The van der Waals surface area contributed by atoms with Crippen molar-refractivity contribution in [2.45, 2.75) is 12.8 Å². The summed E-state index contributed by atoms with van der Waals surface area (Å²) in [4.78, 5) is 29.0. The van der Waals surface area contributed by atoms with Gasteiger partial charge < -0.3 is 21.6 Å². The van der Waals surface area contributed by atoms with E-state index < -0.39 is 0 Å². The number of pyridine rings is 1. The molecule has 1 saturated heterocycles. The van der Waals surface area contributed by atoms with Gasteiger partial charge in [0.1, 0.15) is 5.69 Å². The molecule has 8 heteroatoms. The molecule has 0 atom stereocenters. The van der Waals surface area contributed by atoms with Gasteiger partial charge in [-0.15, -0.1) is 0 Å². The summed E-state index contributed by atoms with van der Waals surface area (Å²) in [6.07, 6.45) is 2.52. The number of hydrogen-bond acceptors (Lipinski definition) is 5. The van der Waals surface area contributed by atoms with E-state index in [0.29, 0.717) is 31.5 Å². The van der Waals surface area contributed by atoms with E-state index in [1.54, 1.807) is 11.0 Å². The summed E-state index contributed by atoms with van der Waals surface area (Å²) in [5, 5.41) is 11.4. The summed E-state index contributed by atoms with van der Waals surface area (Å²) >= 11 is 0. The van der Waals surface area contributed by atoms with Crippen molar-refractivity contribution in [3.8, 4) is 0 Å². The number of aromatic nitrogens is 1. The smallest absolute Gasteiger partial charge is 0.272 e. The Hall–Kier alpha value is -2.64. The van der Waals surface area contributed by atoms with Crippen molar-refractivity contribution in [3.05, 3.63) is 29.6 Å². The zero-order valence-electron chi connectivity index (χ0n) is 11.4. The normalized spacial score (nSPS) is 16.8. The molecule has 21 heavy (non-hydrogen) atoms. The molecule has 2 rings (SSSR count). The van der Waals surface area contributed by atoms with Crippen LogP contribution in [0.3, 0.4) is 0 Å². The molecule has 0 radical (unpaired) electrons. The number of carbonyl (C=O) groups is 2. The monoisotopic (exact) mass is 291 g/mol. The Morgan fingerprint density at radius 3 is 2.43 bits per heavy atom. The van der Waals surface area contributed by atoms with Crippen LogP contribution in [0, 0.1) is 5.92 Å². The number of primary amides is 1. The molecule has 1 aromatic heterocycles. The number of oxime groups is 1. The third-order valence-electron chi connectivity index (χ3n) is 3.57. The second-order valence-electron chi connectivity index (χ2n) is 4.89. The second-order valence-corrected chi connectivity index (χ2v) is 4.89. The Bertz CT molecular complexity index is 562. The molecule has 0 unspecified atom stereocenters. The summed E-state index contributed by atoms with van der Waals surface area (Å²) in [5.74, 6) is -0.749. The lowest BCUT2D eigenvalue weighted by Gasteiger charge is -2.30. The van der Waals surface area contributed by atoms with Crippen molar-refractivity contribution in [3.63, 3.8) is 0 Å². The lowest BCUT2D eigenvalue weighted by molar-refractivity contribution is -0.123. The number of hydrogen-bond donors (Lipinski definition) is 3. The molecule has 0 spiro atoms. The van der Waals surface area contributed by atoms with E-state index in [-0.39, 0.29) is 29.3 Å². The molecule has 0 aliphatic carbocycles. The number of likely N-dealkylation sites (tertiary alicyclic amines) is 1. The maximum absolute atomic E-state index is 12.3. The van der Waals surface area contributed by atoms with Crippen LogP contribution in [0.1, 0.15) is 28.9 Å². The molecule has 1 aliphatic heterocycles. The Morgan fingerprint density at radius 2 is 1.95 bits per heavy atom. The Labute approximate surface area is 121 Å². The molecular weight excluding hydrogens is 274 g/mol. The molecule has 0 saturated carbocycles. The summed E-state index contributed by atoms with van der Waals surface area (Å²) in [5.41, 5.74) is 11.4. The summed E-state index contributed by atoms with van der Waals surface area (Å²) in [6.45, 7) is 0.965. The average molecular weight is 291 g/mol. The van der Waals surface area contributed by atoms with Gasteiger partial charge in [0.05, 0.1) is 0 Å². The zero-order valence-corrected chi connectivity index (χ0v) is 11.4. The predicted octanol–water partition coefficient (Wildman–Crippen LogP) is -0.486. The SMILES string of the molecule is NC(=O)C1CCN(C(=O)c2ccc(C(N)=NO)cn2)CC1. The quantitative estimate of drug-likeness (QED) is 0.299. The van der Waals surface area contributed by atoms with Gasteiger partial charge in [-0.05, 0) is 25.0 Å². The highest BCUT2D eigenvalue weighted by atomic mass is 16.4. The largest absolute Gasteiger partial charge is 0.409 e. The molecule has 1 fully saturated rings. The van der Waals surface area contributed by atoms with Crippen LogP contribution in [0.4, 0.5) is 0 Å². The van der Waals surface area contributed by atoms with Gasteiger partial charge >= 0.3 is 0 Å². The highest BCUT2D eigenvalue weighted by Gasteiger charge is 2.26. The number of nitrogens with zero attached hydrogens (tertiary/aromatic N) is 3. The second kappa shape index (κ2) is 6.21. The Kier molecular flexibility index (Phi) is 4.36. The van der Waals surface area contributed by atoms with E-state index in [1.807, 2.05) is 0 Å². The van der Waals surface area contributed by atoms with Gasteiger partial charge in [-0.25, -0.2) is 0 Å². The first-order chi connectivity index (χ1) is 10.0. The van der Waals surface area contributed by atoms with Crippen LogP contribution in [0.5, 0.6) is 0 Å². The number of piperidine rings is 1. The van der Waals surface area contributed by atoms with Crippen molar-refractivity contribution in [1.29, 1.82) is 0 Å². The van der Waals surface area contributed by atoms with Gasteiger partial charge in [0.2, 0.25) is 5.91 Å². The maximum Gasteiger partial charge on any atom is 0.272 e. The van der Waals surface area contributed by atoms with Gasteiger partial charge in [0.15, 0.2) is 5.84 Å². The maximum atomic E-state index is 12.3. The van der Waals surface area contributed by atoms with E-state index in [0.717, 1.165) is 0 Å². The molecule has 0 aromatic carbocycles. The fourth-order valence-electron chi connectivity index (χ4n) is 2.26. The third kappa shape index (κ3) is 3.28. The number of nitrogens with two attached hydrogens (primary N) is 2. The van der Waals surface area contributed by atoms with Gasteiger partial charge in [0.25, 0.3) is 5.91 Å². The number of carbonyl (C=O) groups excluding carboxylic acids is 2. The molecule has 8 nitrogen and oxygen atoms in total. The number of amides is 2. The molecule has 2 amide bonds. The van der Waals surface area contributed by atoms with Gasteiger partial charge in [0, 0.05) is 30.8 Å². The van der Waals surface area contributed by atoms with E-state index in [4.69, 9.17) is 16.7 Å². The van der Waals surface area contributed by atoms with Crippen LogP contribution in [0.15, 0.2) is 23.5 Å². The minimum absolute atomic E-state index is 0.0660. The highest BCUT2D eigenvalue weighted by Crippen LogP contribution is 2.18. The third-order valence-corrected chi connectivity index (χ3v) is 3.57. The van der Waals surface area contributed by atoms with Crippen LogP contribution >= 0.6 is 0 Å². The first-order valence-electron chi connectivity index (χ1n) is 6.55. The van der Waals surface area contributed by atoms with Gasteiger partial charge in [-0.2, -0.15) is 0 Å². The minimum Gasteiger partial charge on any atom is -0.409 e. The van der Waals surface area contributed by atoms with Gasteiger partial charge in [-0.1, -0.05) is 5.16 Å². The topological polar surface area (TPSA) is 135 Å². The van der Waals surface area contributed by atoms with Crippen LogP contribution in [0.25, 0.3) is 0 Å². The molecule has 1 aromatic rings. The fourth-order valence-corrected chi connectivity index (χ4v) is 2.26. The fraction of sp³-hybridized carbons (Fsp3) is 0.385. The lowest BCUT2D eigenvalue weighted by Crippen LogP contribution is -2.42. The van der Waals surface area contributed by atoms with Crippen LogP contribution < -0.4 is 11.5 Å². The first kappa shape index (κ1) is 14.8. The summed E-state index contributed by atoms with van der Waals surface area (Å²) in [7, 11) is 0. The van der Waals surface area contributed by atoms with Crippen molar-refractivity contribution in [2.75, 3.05) is 13.1 Å². The number of rotatable bonds is 3. The summed E-state index contributed by atoms with van der Waals surface area (Å²) < 4.78 is 0. The van der Waals surface area contributed by atoms with Crippen LogP contribution in [-0.4, -0.2) is 45.8 Å². The van der Waals surface area contributed by atoms with Crippen molar-refractivity contribution in [1.82, 2.24) is 9.88 Å². The van der Waals surface area contributed by atoms with E-state index >= 15 is 0 Å². The zero-order chi connectivity index (χ0) is 15.4. The van der Waals surface area contributed by atoms with Crippen molar-refractivity contribution in [2.24, 2.45) is 22.5 Å². The van der Waals surface area contributed by atoms with E-state index in [9.17, 15) is 9.59 Å². The van der Waals surface area contributed by atoms with E-state index in [1.165, 1.54) is 12.3 Å². The van der Waals surface area contributed by atoms with E-state index in [2.05, 4.69) is 10.1 Å². The highest BCUT2D eigenvalue weighted by molar-refractivity contribution is 5.98. The molecule has 0 bridgehead atoms. The lowest BCUT2D eigenvalue weighted by atomic mass is 9.96. The van der Waals surface area contributed by atoms with Crippen molar-refractivity contribution < 1.29 is 14.8 Å². The summed E-state index contributed by atoms with van der Waals surface area (Å²) in [6, 6.07) is 3.08. The van der Waals surface area contributed by atoms with Crippen molar-refractivity contribution >= 4 is 17.6 Å². The first-order valence-corrected chi connectivity index (χ1v) is 6.55. The molecular formula is C13H17N5O3. The molecule has 2 heterocycles. The van der Waals surface area contributed by atoms with Crippen LogP contribution in [-0.2, 0) is 4.79 Å². The number of amidine groups is 1. The standard InChI is InChI=1S/C13H17N5O3/c14-11(17-21)9-1-2-10(16-7-9)13(20)18-5-3-8(4-6-18)12(15)19/h1-2,7-8,21H,3-6H2,(H2,14,17)(H2,15,19). The molecule has 1 aliphatic rings.